The molecule has 0 bridgehead atoms. The van der Waals surface area contributed by atoms with Crippen molar-refractivity contribution in [3.05, 3.63) is 18.0 Å². The first-order valence-electron chi connectivity index (χ1n) is 7.17. The predicted molar refractivity (Wildman–Crippen MR) is 83.6 cm³/mol. The number of aromatic nitrogens is 1. The van der Waals surface area contributed by atoms with Gasteiger partial charge in [0, 0.05) is 44.2 Å². The summed E-state index contributed by atoms with van der Waals surface area (Å²) in [6.07, 6.45) is 1.67. The van der Waals surface area contributed by atoms with Crippen LogP contribution >= 0.6 is 0 Å². The molecule has 0 aliphatic heterocycles. The van der Waals surface area contributed by atoms with Crippen LogP contribution in [0, 0.1) is 0 Å². The quantitative estimate of drug-likeness (QED) is 0.789. The van der Waals surface area contributed by atoms with E-state index in [1.165, 1.54) is 4.31 Å². The van der Waals surface area contributed by atoms with Crippen LogP contribution in [-0.2, 0) is 21.3 Å². The topological polar surface area (TPSA) is 77.6 Å². The molecule has 7 heteroatoms. The van der Waals surface area contributed by atoms with Gasteiger partial charge in [0.1, 0.15) is 4.90 Å². The summed E-state index contributed by atoms with van der Waals surface area (Å²) in [5.41, 5.74) is 6.53. The summed E-state index contributed by atoms with van der Waals surface area (Å²) < 4.78 is 34.0. The van der Waals surface area contributed by atoms with Crippen LogP contribution in [0.3, 0.4) is 0 Å². The van der Waals surface area contributed by atoms with Gasteiger partial charge in [0.15, 0.2) is 0 Å². The highest BCUT2D eigenvalue weighted by molar-refractivity contribution is 7.89. The Morgan fingerprint density at radius 3 is 2.33 bits per heavy atom. The lowest BCUT2D eigenvalue weighted by Crippen LogP contribution is -2.39. The Balaban J connectivity index is 3.22. The molecule has 1 heterocycles. The lowest BCUT2D eigenvalue weighted by Gasteiger charge is -2.25. The van der Waals surface area contributed by atoms with Crippen molar-refractivity contribution in [2.75, 3.05) is 20.3 Å². The molecular formula is C14H27N3O3S. The fourth-order valence-corrected chi connectivity index (χ4v) is 3.93. The molecule has 2 N–H and O–H groups in total. The summed E-state index contributed by atoms with van der Waals surface area (Å²) in [5.74, 6) is 0. The maximum absolute atomic E-state index is 12.8. The van der Waals surface area contributed by atoms with Crippen molar-refractivity contribution in [2.24, 2.45) is 5.73 Å². The smallest absolute Gasteiger partial charge is 0.244 e. The first-order chi connectivity index (χ1) is 9.75. The number of ether oxygens (including phenoxy) is 1. The largest absolute Gasteiger partial charge is 0.383 e. The summed E-state index contributed by atoms with van der Waals surface area (Å²) >= 11 is 0. The van der Waals surface area contributed by atoms with E-state index in [2.05, 4.69) is 0 Å². The van der Waals surface area contributed by atoms with Crippen LogP contribution in [0.4, 0.5) is 0 Å². The summed E-state index contributed by atoms with van der Waals surface area (Å²) in [4.78, 5) is 0.293. The van der Waals surface area contributed by atoms with Gasteiger partial charge in [-0.3, -0.25) is 0 Å². The van der Waals surface area contributed by atoms with Crippen LogP contribution in [0.25, 0.3) is 0 Å². The Morgan fingerprint density at radius 1 is 1.33 bits per heavy atom. The minimum absolute atomic E-state index is 0.131. The maximum atomic E-state index is 12.8. The monoisotopic (exact) mass is 317 g/mol. The van der Waals surface area contributed by atoms with E-state index in [0.29, 0.717) is 24.6 Å². The maximum Gasteiger partial charge on any atom is 0.244 e. The first kappa shape index (κ1) is 18.2. The Hall–Kier alpha value is -0.890. The van der Waals surface area contributed by atoms with E-state index < -0.39 is 10.0 Å². The standard InChI is InChI=1S/C14H27N3O3S/c1-11(2)16-10-14(8-13(16)9-15)21(18,19)17(12(3)4)6-7-20-5/h8,10-12H,6-7,9,15H2,1-5H3. The van der Waals surface area contributed by atoms with Crippen LogP contribution in [0.5, 0.6) is 0 Å². The van der Waals surface area contributed by atoms with E-state index >= 15 is 0 Å². The summed E-state index contributed by atoms with van der Waals surface area (Å²) in [7, 11) is -1.98. The van der Waals surface area contributed by atoms with Crippen LogP contribution < -0.4 is 5.73 Å². The second kappa shape index (κ2) is 7.40. The Morgan fingerprint density at radius 2 is 1.95 bits per heavy atom. The van der Waals surface area contributed by atoms with E-state index in [1.54, 1.807) is 19.4 Å². The minimum atomic E-state index is -3.54. The van der Waals surface area contributed by atoms with Crippen LogP contribution in [0.2, 0.25) is 0 Å². The number of rotatable bonds is 8. The molecular weight excluding hydrogens is 290 g/mol. The molecule has 21 heavy (non-hydrogen) atoms. The lowest BCUT2D eigenvalue weighted by atomic mass is 10.3. The van der Waals surface area contributed by atoms with Gasteiger partial charge in [0.2, 0.25) is 10.0 Å². The summed E-state index contributed by atoms with van der Waals surface area (Å²) in [6, 6.07) is 1.70. The minimum Gasteiger partial charge on any atom is -0.383 e. The van der Waals surface area contributed by atoms with Gasteiger partial charge < -0.3 is 15.0 Å². The molecule has 0 saturated carbocycles. The van der Waals surface area contributed by atoms with Crippen LogP contribution in [-0.4, -0.2) is 43.6 Å². The second-order valence-corrected chi connectivity index (χ2v) is 7.47. The zero-order valence-electron chi connectivity index (χ0n) is 13.5. The van der Waals surface area contributed by atoms with Gasteiger partial charge in [0.05, 0.1) is 6.61 Å². The molecule has 0 saturated heterocycles. The van der Waals surface area contributed by atoms with Gasteiger partial charge in [0.25, 0.3) is 0 Å². The highest BCUT2D eigenvalue weighted by Crippen LogP contribution is 2.23. The van der Waals surface area contributed by atoms with E-state index in [9.17, 15) is 8.42 Å². The van der Waals surface area contributed by atoms with Gasteiger partial charge >= 0.3 is 0 Å². The van der Waals surface area contributed by atoms with Crippen molar-refractivity contribution in [1.29, 1.82) is 0 Å². The molecule has 0 aliphatic carbocycles. The molecule has 122 valence electrons. The Bertz CT molecular complexity index is 550. The lowest BCUT2D eigenvalue weighted by molar-refractivity contribution is 0.171. The molecule has 0 unspecified atom stereocenters. The fraction of sp³-hybridized carbons (Fsp3) is 0.714. The molecule has 1 aromatic heterocycles. The van der Waals surface area contributed by atoms with Crippen molar-refractivity contribution >= 4 is 10.0 Å². The SMILES string of the molecule is COCCN(C(C)C)S(=O)(=O)c1cc(CN)n(C(C)C)c1. The van der Waals surface area contributed by atoms with Crippen LogP contribution in [0.15, 0.2) is 17.2 Å². The summed E-state index contributed by atoms with van der Waals surface area (Å²) in [6.45, 7) is 8.73. The normalized spacial score (nSPS) is 12.8. The van der Waals surface area contributed by atoms with E-state index in [0.717, 1.165) is 5.69 Å². The molecule has 1 aromatic rings. The van der Waals surface area contributed by atoms with Crippen molar-refractivity contribution in [3.63, 3.8) is 0 Å². The molecule has 0 spiro atoms. The number of hydrogen-bond acceptors (Lipinski definition) is 4. The molecule has 0 atom stereocenters. The second-order valence-electron chi connectivity index (χ2n) is 5.57. The summed E-state index contributed by atoms with van der Waals surface area (Å²) in [5, 5.41) is 0. The van der Waals surface area contributed by atoms with Gasteiger partial charge in [-0.25, -0.2) is 8.42 Å². The van der Waals surface area contributed by atoms with Crippen molar-refractivity contribution in [1.82, 2.24) is 8.87 Å². The average Bonchev–Trinajstić information content (AvgIpc) is 2.83. The van der Waals surface area contributed by atoms with E-state index in [-0.39, 0.29) is 12.1 Å². The number of nitrogens with zero attached hydrogens (tertiary/aromatic N) is 2. The van der Waals surface area contributed by atoms with Crippen molar-refractivity contribution in [3.8, 4) is 0 Å². The zero-order valence-corrected chi connectivity index (χ0v) is 14.4. The fourth-order valence-electron chi connectivity index (χ4n) is 2.25. The van der Waals surface area contributed by atoms with Gasteiger partial charge in [-0.05, 0) is 33.8 Å². The number of nitrogens with two attached hydrogens (primary N) is 1. The van der Waals surface area contributed by atoms with Gasteiger partial charge in [-0.2, -0.15) is 4.31 Å². The first-order valence-corrected chi connectivity index (χ1v) is 8.61. The Kier molecular flexibility index (Phi) is 6.40. The predicted octanol–water partition coefficient (Wildman–Crippen LogP) is 1.57. The number of methoxy groups -OCH3 is 1. The molecule has 0 aliphatic rings. The number of hydrogen-bond donors (Lipinski definition) is 1. The third kappa shape index (κ3) is 4.06. The van der Waals surface area contributed by atoms with Gasteiger partial charge in [-0.1, -0.05) is 0 Å². The number of sulfonamides is 1. The zero-order chi connectivity index (χ0) is 16.2. The highest BCUT2D eigenvalue weighted by Gasteiger charge is 2.28. The van der Waals surface area contributed by atoms with E-state index in [1.807, 2.05) is 32.3 Å². The highest BCUT2D eigenvalue weighted by atomic mass is 32.2. The molecule has 0 fully saturated rings. The third-order valence-corrected chi connectivity index (χ3v) is 5.41. The molecule has 0 radical (unpaired) electrons. The Labute approximate surface area is 127 Å². The van der Waals surface area contributed by atoms with Crippen molar-refractivity contribution < 1.29 is 13.2 Å². The molecule has 1 rings (SSSR count). The van der Waals surface area contributed by atoms with E-state index in [4.69, 9.17) is 10.5 Å². The molecule has 0 aromatic carbocycles. The van der Waals surface area contributed by atoms with Gasteiger partial charge in [-0.15, -0.1) is 0 Å². The third-order valence-electron chi connectivity index (χ3n) is 3.37. The van der Waals surface area contributed by atoms with Crippen LogP contribution in [0.1, 0.15) is 39.4 Å². The molecule has 0 amide bonds. The molecule has 6 nitrogen and oxygen atoms in total. The van der Waals surface area contributed by atoms with Crippen molar-refractivity contribution in [2.45, 2.75) is 51.2 Å². The average molecular weight is 317 g/mol.